The molecule has 1 N–H and O–H groups in total. The van der Waals surface area contributed by atoms with Crippen molar-refractivity contribution in [1.29, 1.82) is 0 Å². The number of nitrogens with one attached hydrogen (secondary N) is 1. The molecule has 5 nitrogen and oxygen atoms in total. The molecule has 2 heterocycles. The van der Waals surface area contributed by atoms with Crippen molar-refractivity contribution >= 4 is 17.4 Å². The lowest BCUT2D eigenvalue weighted by molar-refractivity contribution is 0.0979. The summed E-state index contributed by atoms with van der Waals surface area (Å²) in [4.78, 5) is 14.6. The van der Waals surface area contributed by atoms with Crippen LogP contribution in [0.5, 0.6) is 0 Å². The van der Waals surface area contributed by atoms with Gasteiger partial charge in [0.25, 0.3) is 5.91 Å². The zero-order chi connectivity index (χ0) is 19.3. The van der Waals surface area contributed by atoms with Gasteiger partial charge in [-0.2, -0.15) is 0 Å². The number of aromatic nitrogens is 2. The first-order valence-electron chi connectivity index (χ1n) is 9.43. The normalized spacial score (nSPS) is 13.1. The fraction of sp³-hybridized carbons (Fsp3) is 0.227. The van der Waals surface area contributed by atoms with Gasteiger partial charge in [-0.1, -0.05) is 36.4 Å². The van der Waals surface area contributed by atoms with E-state index in [0.29, 0.717) is 36.6 Å². The molecule has 0 fully saturated rings. The molecule has 1 aliphatic rings. The molecule has 28 heavy (non-hydrogen) atoms. The van der Waals surface area contributed by atoms with Gasteiger partial charge in [0.1, 0.15) is 11.6 Å². The number of aryl methyl sites for hydroxylation is 1. The summed E-state index contributed by atoms with van der Waals surface area (Å²) in [5.74, 6) is 0.211. The minimum absolute atomic E-state index is 0.141. The number of halogens is 1. The van der Waals surface area contributed by atoms with Gasteiger partial charge in [-0.05, 0) is 54.7 Å². The number of carbonyl (C=O) groups excluding carboxylic acids is 1. The highest BCUT2D eigenvalue weighted by molar-refractivity contribution is 6.05. The summed E-state index contributed by atoms with van der Waals surface area (Å²) in [6.45, 7) is 1.21. The van der Waals surface area contributed by atoms with E-state index < -0.39 is 0 Å². The van der Waals surface area contributed by atoms with E-state index in [2.05, 4.69) is 21.6 Å². The van der Waals surface area contributed by atoms with Crippen LogP contribution < -0.4 is 10.2 Å². The summed E-state index contributed by atoms with van der Waals surface area (Å²) in [7, 11) is 0. The summed E-state index contributed by atoms with van der Waals surface area (Å²) in [6, 6.07) is 18.1. The number of anilines is 2. The Bertz CT molecular complexity index is 974. The number of amides is 1. The van der Waals surface area contributed by atoms with E-state index in [4.69, 9.17) is 0 Å². The minimum Gasteiger partial charge on any atom is -0.368 e. The molecule has 0 radical (unpaired) electrons. The van der Waals surface area contributed by atoms with Crippen LogP contribution in [0.3, 0.4) is 0 Å². The van der Waals surface area contributed by atoms with Crippen LogP contribution in [0, 0.1) is 5.82 Å². The van der Waals surface area contributed by atoms with Crippen LogP contribution in [-0.2, 0) is 12.8 Å². The number of para-hydroxylation sites is 1. The van der Waals surface area contributed by atoms with Crippen LogP contribution in [0.4, 0.5) is 15.9 Å². The highest BCUT2D eigenvalue weighted by atomic mass is 19.1. The number of carbonyl (C=O) groups is 1. The molecular formula is C22H21FN4O. The third-order valence-corrected chi connectivity index (χ3v) is 4.90. The van der Waals surface area contributed by atoms with Crippen molar-refractivity contribution in [3.8, 4) is 0 Å². The maximum Gasteiger partial charge on any atom is 0.278 e. The third kappa shape index (κ3) is 3.86. The van der Waals surface area contributed by atoms with Gasteiger partial charge in [-0.15, -0.1) is 10.2 Å². The predicted molar refractivity (Wildman–Crippen MR) is 107 cm³/mol. The van der Waals surface area contributed by atoms with E-state index in [1.54, 1.807) is 29.2 Å². The average Bonchev–Trinajstić information content (AvgIpc) is 2.75. The standard InChI is InChI=1S/C22H21FN4O/c23-18-9-3-1-6-16(18)13-14-24-21-12-11-19(25-26-21)22(28)27-15-5-8-17-7-2-4-10-20(17)27/h1-4,6-7,9-12H,5,8,13-15H2,(H,24,26). The van der Waals surface area contributed by atoms with E-state index in [1.165, 1.54) is 11.6 Å². The molecule has 0 aliphatic carbocycles. The van der Waals surface area contributed by atoms with Crippen LogP contribution in [0.15, 0.2) is 60.7 Å². The second kappa shape index (κ2) is 8.17. The molecule has 0 saturated carbocycles. The Kier molecular flexibility index (Phi) is 5.28. The first kappa shape index (κ1) is 18.1. The zero-order valence-electron chi connectivity index (χ0n) is 15.4. The van der Waals surface area contributed by atoms with Crippen molar-refractivity contribution in [2.75, 3.05) is 23.3 Å². The molecule has 0 unspecified atom stereocenters. The smallest absolute Gasteiger partial charge is 0.278 e. The molecule has 142 valence electrons. The number of benzene rings is 2. The SMILES string of the molecule is O=C(c1ccc(NCCc2ccccc2F)nn1)N1CCCc2ccccc21. The second-order valence-corrected chi connectivity index (χ2v) is 6.76. The van der Waals surface area contributed by atoms with Crippen molar-refractivity contribution in [2.45, 2.75) is 19.3 Å². The van der Waals surface area contributed by atoms with Gasteiger partial charge in [-0.3, -0.25) is 4.79 Å². The number of hydrogen-bond acceptors (Lipinski definition) is 4. The van der Waals surface area contributed by atoms with Crippen molar-refractivity contribution in [3.05, 3.63) is 83.3 Å². The van der Waals surface area contributed by atoms with E-state index in [-0.39, 0.29) is 11.7 Å². The summed E-state index contributed by atoms with van der Waals surface area (Å²) in [5, 5.41) is 11.3. The van der Waals surface area contributed by atoms with Gasteiger partial charge in [-0.25, -0.2) is 4.39 Å². The number of hydrogen-bond donors (Lipinski definition) is 1. The molecule has 1 amide bonds. The predicted octanol–water partition coefficient (Wildman–Crippen LogP) is 3.86. The largest absolute Gasteiger partial charge is 0.368 e. The van der Waals surface area contributed by atoms with E-state index >= 15 is 0 Å². The van der Waals surface area contributed by atoms with Crippen molar-refractivity contribution in [2.24, 2.45) is 0 Å². The maximum atomic E-state index is 13.6. The lowest BCUT2D eigenvalue weighted by atomic mass is 10.0. The Balaban J connectivity index is 1.40. The summed E-state index contributed by atoms with van der Waals surface area (Å²) in [6.07, 6.45) is 2.46. The summed E-state index contributed by atoms with van der Waals surface area (Å²) < 4.78 is 13.6. The van der Waals surface area contributed by atoms with Crippen LogP contribution in [-0.4, -0.2) is 29.2 Å². The molecule has 1 aliphatic heterocycles. The molecule has 2 aromatic carbocycles. The molecule has 6 heteroatoms. The molecule has 0 saturated heterocycles. The first-order valence-corrected chi connectivity index (χ1v) is 9.43. The molecule has 3 aromatic rings. The van der Waals surface area contributed by atoms with E-state index in [0.717, 1.165) is 18.5 Å². The van der Waals surface area contributed by atoms with Gasteiger partial charge in [0.2, 0.25) is 0 Å². The summed E-state index contributed by atoms with van der Waals surface area (Å²) >= 11 is 0. The number of fused-ring (bicyclic) bond motifs is 1. The Morgan fingerprint density at radius 1 is 1.04 bits per heavy atom. The van der Waals surface area contributed by atoms with Gasteiger partial charge in [0.15, 0.2) is 5.69 Å². The van der Waals surface area contributed by atoms with Crippen molar-refractivity contribution in [1.82, 2.24) is 10.2 Å². The van der Waals surface area contributed by atoms with Crippen LogP contribution in [0.25, 0.3) is 0 Å². The zero-order valence-corrected chi connectivity index (χ0v) is 15.4. The van der Waals surface area contributed by atoms with Gasteiger partial charge in [0.05, 0.1) is 0 Å². The Morgan fingerprint density at radius 3 is 2.68 bits per heavy atom. The van der Waals surface area contributed by atoms with Gasteiger partial charge >= 0.3 is 0 Å². The van der Waals surface area contributed by atoms with Crippen LogP contribution >= 0.6 is 0 Å². The third-order valence-electron chi connectivity index (χ3n) is 4.90. The molecule has 0 spiro atoms. The van der Waals surface area contributed by atoms with Gasteiger partial charge in [0, 0.05) is 18.8 Å². The van der Waals surface area contributed by atoms with Crippen LogP contribution in [0.2, 0.25) is 0 Å². The Morgan fingerprint density at radius 2 is 1.86 bits per heavy atom. The number of nitrogens with zero attached hydrogens (tertiary/aromatic N) is 3. The first-order chi connectivity index (χ1) is 13.7. The quantitative estimate of drug-likeness (QED) is 0.735. The second-order valence-electron chi connectivity index (χ2n) is 6.76. The van der Waals surface area contributed by atoms with E-state index in [1.807, 2.05) is 24.3 Å². The lowest BCUT2D eigenvalue weighted by Crippen LogP contribution is -2.36. The summed E-state index contributed by atoms with van der Waals surface area (Å²) in [5.41, 5.74) is 3.10. The molecule has 4 rings (SSSR count). The monoisotopic (exact) mass is 376 g/mol. The Hall–Kier alpha value is -3.28. The van der Waals surface area contributed by atoms with Crippen molar-refractivity contribution in [3.63, 3.8) is 0 Å². The van der Waals surface area contributed by atoms with Crippen molar-refractivity contribution < 1.29 is 9.18 Å². The fourth-order valence-corrected chi connectivity index (χ4v) is 3.45. The highest BCUT2D eigenvalue weighted by Crippen LogP contribution is 2.27. The Labute approximate surface area is 163 Å². The molecule has 0 atom stereocenters. The highest BCUT2D eigenvalue weighted by Gasteiger charge is 2.24. The minimum atomic E-state index is -0.210. The van der Waals surface area contributed by atoms with E-state index in [9.17, 15) is 9.18 Å². The van der Waals surface area contributed by atoms with Gasteiger partial charge < -0.3 is 10.2 Å². The topological polar surface area (TPSA) is 58.1 Å². The average molecular weight is 376 g/mol. The van der Waals surface area contributed by atoms with Crippen LogP contribution in [0.1, 0.15) is 28.0 Å². The molecule has 1 aromatic heterocycles. The lowest BCUT2D eigenvalue weighted by Gasteiger charge is -2.29. The fourth-order valence-electron chi connectivity index (χ4n) is 3.45. The maximum absolute atomic E-state index is 13.6. The molecular weight excluding hydrogens is 355 g/mol. The number of rotatable bonds is 5. The molecule has 0 bridgehead atoms.